The smallest absolute Gasteiger partial charge is 0.335 e. The average molecular weight is 512 g/mol. The highest BCUT2D eigenvalue weighted by molar-refractivity contribution is 5.98. The van der Waals surface area contributed by atoms with E-state index in [1.165, 1.54) is 16.9 Å². The van der Waals surface area contributed by atoms with Crippen LogP contribution in [0, 0.1) is 6.92 Å². The van der Waals surface area contributed by atoms with Crippen LogP contribution in [0.2, 0.25) is 0 Å². The quantitative estimate of drug-likeness (QED) is 0.305. The number of aromatic nitrogens is 6. The van der Waals surface area contributed by atoms with Crippen LogP contribution in [-0.2, 0) is 13.0 Å². The summed E-state index contributed by atoms with van der Waals surface area (Å²) in [4.78, 5) is 46.1. The summed E-state index contributed by atoms with van der Waals surface area (Å²) < 4.78 is 5.97. The molecule has 13 heteroatoms. The molecule has 1 aliphatic rings. The summed E-state index contributed by atoms with van der Waals surface area (Å²) in [6.45, 7) is 1.97. The summed E-state index contributed by atoms with van der Waals surface area (Å²) in [5.74, 6) is -1.83. The molecule has 2 aromatic carbocycles. The first-order chi connectivity index (χ1) is 18.4. The van der Waals surface area contributed by atoms with Crippen molar-refractivity contribution in [2.45, 2.75) is 32.4 Å². The molecule has 3 N–H and O–H groups in total. The summed E-state index contributed by atoms with van der Waals surface area (Å²) >= 11 is 0. The summed E-state index contributed by atoms with van der Waals surface area (Å²) in [7, 11) is 0. The number of carboxylic acids is 1. The first-order valence-electron chi connectivity index (χ1n) is 11.8. The number of amides is 2. The summed E-state index contributed by atoms with van der Waals surface area (Å²) in [5.41, 5.74) is 4.82. The highest BCUT2D eigenvalue weighted by atomic mass is 16.6. The molecule has 0 radical (unpaired) electrons. The normalized spacial score (nSPS) is 14.5. The fourth-order valence-electron chi connectivity index (χ4n) is 4.79. The van der Waals surface area contributed by atoms with E-state index in [1.54, 1.807) is 37.3 Å². The average Bonchev–Trinajstić information content (AvgIpc) is 3.66. The Kier molecular flexibility index (Phi) is 5.52. The largest absolute Gasteiger partial charge is 0.478 e. The first-order valence-corrected chi connectivity index (χ1v) is 11.8. The minimum absolute atomic E-state index is 0.00796. The second-order valence-corrected chi connectivity index (χ2v) is 8.94. The maximum atomic E-state index is 13.4. The Hall–Kier alpha value is -5.20. The number of carbonyl (C=O) groups is 3. The lowest BCUT2D eigenvalue weighted by atomic mass is 9.98. The third-order valence-electron chi connectivity index (χ3n) is 6.72. The minimum atomic E-state index is -0.982. The Morgan fingerprint density at radius 2 is 1.95 bits per heavy atom. The highest BCUT2D eigenvalue weighted by Crippen LogP contribution is 2.35. The molecule has 0 unspecified atom stereocenters. The Bertz CT molecular complexity index is 1760. The van der Waals surface area contributed by atoms with Crippen molar-refractivity contribution < 1.29 is 24.1 Å². The molecular formula is C25H20N8O5. The van der Waals surface area contributed by atoms with Crippen molar-refractivity contribution in [3.8, 4) is 0 Å². The van der Waals surface area contributed by atoms with Gasteiger partial charge < -0.3 is 15.7 Å². The fraction of sp³-hybridized carbons (Fsp3) is 0.200. The zero-order chi connectivity index (χ0) is 26.4. The van der Waals surface area contributed by atoms with E-state index in [4.69, 9.17) is 4.63 Å². The Morgan fingerprint density at radius 1 is 1.11 bits per heavy atom. The Morgan fingerprint density at radius 3 is 2.79 bits per heavy atom. The van der Waals surface area contributed by atoms with E-state index in [9.17, 15) is 19.5 Å². The molecule has 0 spiro atoms. The molecule has 0 fully saturated rings. The lowest BCUT2D eigenvalue weighted by Gasteiger charge is -2.16. The van der Waals surface area contributed by atoms with E-state index in [0.717, 1.165) is 16.7 Å². The summed E-state index contributed by atoms with van der Waals surface area (Å²) in [6, 6.07) is 9.63. The van der Waals surface area contributed by atoms with Crippen LogP contribution in [-0.4, -0.2) is 52.8 Å². The molecule has 0 aliphatic heterocycles. The SMILES string of the molecule is Cc1c(C(=O)O)ccc2c1CC[C@H]2NC(=O)c1cc(C(=O)NCc2ccc3nonc3c2)nc2ncnn12. The van der Waals surface area contributed by atoms with Crippen LogP contribution in [0.5, 0.6) is 0 Å². The molecule has 190 valence electrons. The van der Waals surface area contributed by atoms with Crippen LogP contribution < -0.4 is 10.6 Å². The lowest BCUT2D eigenvalue weighted by molar-refractivity contribution is 0.0695. The molecule has 1 aliphatic carbocycles. The van der Waals surface area contributed by atoms with Gasteiger partial charge in [-0.3, -0.25) is 9.59 Å². The minimum Gasteiger partial charge on any atom is -0.478 e. The zero-order valence-electron chi connectivity index (χ0n) is 20.0. The van der Waals surface area contributed by atoms with Gasteiger partial charge in [0.1, 0.15) is 28.7 Å². The maximum absolute atomic E-state index is 13.4. The molecule has 2 amide bonds. The molecule has 0 saturated carbocycles. The fourth-order valence-corrected chi connectivity index (χ4v) is 4.79. The molecule has 3 aromatic heterocycles. The zero-order valence-corrected chi connectivity index (χ0v) is 20.0. The summed E-state index contributed by atoms with van der Waals surface area (Å²) in [5, 5.41) is 26.8. The molecule has 3 heterocycles. The molecule has 1 atom stereocenters. The van der Waals surface area contributed by atoms with Crippen molar-refractivity contribution in [2.75, 3.05) is 0 Å². The maximum Gasteiger partial charge on any atom is 0.335 e. The van der Waals surface area contributed by atoms with Crippen LogP contribution >= 0.6 is 0 Å². The molecule has 38 heavy (non-hydrogen) atoms. The number of benzene rings is 2. The van der Waals surface area contributed by atoms with Gasteiger partial charge in [0.05, 0.1) is 11.6 Å². The predicted molar refractivity (Wildman–Crippen MR) is 130 cm³/mol. The lowest BCUT2D eigenvalue weighted by Crippen LogP contribution is -2.30. The van der Waals surface area contributed by atoms with Crippen molar-refractivity contribution in [3.05, 3.63) is 81.9 Å². The second-order valence-electron chi connectivity index (χ2n) is 8.94. The standard InChI is InChI=1S/C25H20N8O5/c1-12-14-5-7-17(16(14)4-3-15(12)24(36)37)29-23(35)21-9-20(30-25-27-11-28-33(21)25)22(34)26-10-13-2-6-18-19(8-13)32-38-31-18/h2-4,6,8-9,11,17H,5,7,10H2,1H3,(H,26,34)(H,29,35)(H,36,37)/t17-/m1/s1. The van der Waals surface area contributed by atoms with Crippen LogP contribution in [0.25, 0.3) is 16.8 Å². The molecule has 0 bridgehead atoms. The topological polar surface area (TPSA) is 177 Å². The van der Waals surface area contributed by atoms with Gasteiger partial charge in [0, 0.05) is 12.6 Å². The molecule has 6 rings (SSSR count). The molecule has 0 saturated heterocycles. The van der Waals surface area contributed by atoms with Crippen LogP contribution in [0.4, 0.5) is 0 Å². The van der Waals surface area contributed by atoms with Crippen LogP contribution in [0.3, 0.4) is 0 Å². The Balaban J connectivity index is 1.23. The van der Waals surface area contributed by atoms with Gasteiger partial charge in [-0.05, 0) is 70.5 Å². The van der Waals surface area contributed by atoms with Gasteiger partial charge in [-0.15, -0.1) is 0 Å². The van der Waals surface area contributed by atoms with E-state index in [2.05, 4.69) is 36.0 Å². The molecule has 13 nitrogen and oxygen atoms in total. The Labute approximate surface area is 213 Å². The van der Waals surface area contributed by atoms with E-state index < -0.39 is 17.8 Å². The van der Waals surface area contributed by atoms with Crippen LogP contribution in [0.1, 0.15) is 66.1 Å². The number of hydrogen-bond acceptors (Lipinski definition) is 9. The number of aromatic carboxylic acids is 1. The number of fused-ring (bicyclic) bond motifs is 3. The van der Waals surface area contributed by atoms with E-state index >= 15 is 0 Å². The van der Waals surface area contributed by atoms with Gasteiger partial charge in [0.2, 0.25) is 0 Å². The van der Waals surface area contributed by atoms with Gasteiger partial charge in [0.25, 0.3) is 17.6 Å². The number of carbonyl (C=O) groups excluding carboxylic acids is 2. The van der Waals surface area contributed by atoms with E-state index in [0.29, 0.717) is 29.4 Å². The monoisotopic (exact) mass is 512 g/mol. The van der Waals surface area contributed by atoms with Crippen molar-refractivity contribution in [2.24, 2.45) is 0 Å². The predicted octanol–water partition coefficient (Wildman–Crippen LogP) is 2.01. The number of nitrogens with zero attached hydrogens (tertiary/aromatic N) is 6. The first kappa shape index (κ1) is 23.2. The molecular weight excluding hydrogens is 492 g/mol. The van der Waals surface area contributed by atoms with Gasteiger partial charge in [-0.25, -0.2) is 14.4 Å². The van der Waals surface area contributed by atoms with Crippen molar-refractivity contribution in [1.29, 1.82) is 0 Å². The number of hydrogen-bond donors (Lipinski definition) is 3. The molecule has 5 aromatic rings. The van der Waals surface area contributed by atoms with Crippen molar-refractivity contribution >= 4 is 34.6 Å². The number of rotatable bonds is 6. The van der Waals surface area contributed by atoms with Gasteiger partial charge in [-0.2, -0.15) is 14.6 Å². The van der Waals surface area contributed by atoms with Crippen LogP contribution in [0.15, 0.2) is 47.4 Å². The summed E-state index contributed by atoms with van der Waals surface area (Å²) in [6.07, 6.45) is 2.52. The van der Waals surface area contributed by atoms with Gasteiger partial charge >= 0.3 is 5.97 Å². The number of carboxylic acid groups (broad SMARTS) is 1. The highest BCUT2D eigenvalue weighted by Gasteiger charge is 2.29. The second kappa shape index (κ2) is 9.03. The third-order valence-corrected chi connectivity index (χ3v) is 6.72. The third kappa shape index (κ3) is 3.99. The van der Waals surface area contributed by atoms with Crippen molar-refractivity contribution in [3.63, 3.8) is 0 Å². The number of nitrogens with one attached hydrogen (secondary N) is 2. The van der Waals surface area contributed by atoms with Crippen molar-refractivity contribution in [1.82, 2.24) is 40.5 Å². The van der Waals surface area contributed by atoms with Gasteiger partial charge in [0.15, 0.2) is 0 Å². The van der Waals surface area contributed by atoms with Gasteiger partial charge in [-0.1, -0.05) is 12.1 Å². The van der Waals surface area contributed by atoms with E-state index in [1.807, 2.05) is 0 Å². The van der Waals surface area contributed by atoms with E-state index in [-0.39, 0.29) is 35.3 Å².